The lowest BCUT2D eigenvalue weighted by Crippen LogP contribution is -2.58. The van der Waals surface area contributed by atoms with Crippen LogP contribution in [0.4, 0.5) is 0 Å². The minimum atomic E-state index is 0.612. The van der Waals surface area contributed by atoms with E-state index in [9.17, 15) is 0 Å². The molecule has 134 valence electrons. The first-order chi connectivity index (χ1) is 11.3. The van der Waals surface area contributed by atoms with Crippen LogP contribution in [0, 0.1) is 29.6 Å². The van der Waals surface area contributed by atoms with E-state index in [1.807, 2.05) is 0 Å². The SMILES string of the molecule is CCCC1CCC(C2NCC(C3CCC(CC)CC3)CN2)CC1. The van der Waals surface area contributed by atoms with Gasteiger partial charge in [0, 0.05) is 13.1 Å². The maximum absolute atomic E-state index is 3.90. The second-order valence-electron chi connectivity index (χ2n) is 8.81. The summed E-state index contributed by atoms with van der Waals surface area (Å²) >= 11 is 0. The molecule has 23 heavy (non-hydrogen) atoms. The van der Waals surface area contributed by atoms with Crippen LogP contribution in [0.2, 0.25) is 0 Å². The van der Waals surface area contributed by atoms with Gasteiger partial charge in [-0.05, 0) is 55.3 Å². The van der Waals surface area contributed by atoms with Gasteiger partial charge in [-0.1, -0.05) is 58.8 Å². The smallest absolute Gasteiger partial charge is 0.0600 e. The van der Waals surface area contributed by atoms with Crippen molar-refractivity contribution in [1.82, 2.24) is 10.6 Å². The van der Waals surface area contributed by atoms with Gasteiger partial charge in [0.05, 0.1) is 6.17 Å². The predicted molar refractivity (Wildman–Crippen MR) is 99.4 cm³/mol. The molecule has 3 aliphatic rings. The lowest BCUT2D eigenvalue weighted by Gasteiger charge is -2.42. The maximum Gasteiger partial charge on any atom is 0.0600 e. The zero-order valence-corrected chi connectivity index (χ0v) is 15.7. The normalized spacial score (nSPS) is 42.5. The monoisotopic (exact) mass is 320 g/mol. The van der Waals surface area contributed by atoms with Crippen LogP contribution in [-0.2, 0) is 0 Å². The Morgan fingerprint density at radius 1 is 0.652 bits per heavy atom. The standard InChI is InChI=1S/C21H40N2/c1-3-5-17-8-12-19(13-9-17)21-22-14-20(15-23-21)18-10-6-16(4-2)7-11-18/h16-23H,3-15H2,1-2H3. The summed E-state index contributed by atoms with van der Waals surface area (Å²) in [6.45, 7) is 7.25. The van der Waals surface area contributed by atoms with E-state index in [2.05, 4.69) is 24.5 Å². The summed E-state index contributed by atoms with van der Waals surface area (Å²) in [5.74, 6) is 4.82. The fourth-order valence-electron chi connectivity index (χ4n) is 5.65. The van der Waals surface area contributed by atoms with Crippen molar-refractivity contribution in [1.29, 1.82) is 0 Å². The molecule has 2 heteroatoms. The Hall–Kier alpha value is -0.0800. The van der Waals surface area contributed by atoms with Crippen LogP contribution >= 0.6 is 0 Å². The Balaban J connectivity index is 1.37. The minimum Gasteiger partial charge on any atom is -0.301 e. The Labute approximate surface area is 144 Å². The van der Waals surface area contributed by atoms with Gasteiger partial charge in [-0.3, -0.25) is 0 Å². The molecule has 0 aromatic rings. The molecule has 1 aliphatic heterocycles. The van der Waals surface area contributed by atoms with Crippen molar-refractivity contribution in [3.05, 3.63) is 0 Å². The average Bonchev–Trinajstić information content (AvgIpc) is 2.63. The molecule has 3 fully saturated rings. The van der Waals surface area contributed by atoms with Crippen molar-refractivity contribution >= 4 is 0 Å². The van der Waals surface area contributed by atoms with Crippen molar-refractivity contribution in [2.45, 2.75) is 90.6 Å². The summed E-state index contributed by atoms with van der Waals surface area (Å²) in [5.41, 5.74) is 0. The molecule has 2 nitrogen and oxygen atoms in total. The highest BCUT2D eigenvalue weighted by Gasteiger charge is 2.33. The van der Waals surface area contributed by atoms with Crippen LogP contribution in [0.3, 0.4) is 0 Å². The molecule has 0 amide bonds. The molecule has 1 saturated heterocycles. The zero-order chi connectivity index (χ0) is 16.1. The Morgan fingerprint density at radius 2 is 1.22 bits per heavy atom. The number of hydrogen-bond acceptors (Lipinski definition) is 2. The molecular weight excluding hydrogens is 280 g/mol. The minimum absolute atomic E-state index is 0.612. The highest BCUT2D eigenvalue weighted by Crippen LogP contribution is 2.37. The van der Waals surface area contributed by atoms with E-state index in [1.54, 1.807) is 0 Å². The fraction of sp³-hybridized carbons (Fsp3) is 1.00. The van der Waals surface area contributed by atoms with Crippen LogP contribution < -0.4 is 10.6 Å². The van der Waals surface area contributed by atoms with Crippen LogP contribution in [-0.4, -0.2) is 19.3 Å². The van der Waals surface area contributed by atoms with Gasteiger partial charge in [0.15, 0.2) is 0 Å². The molecule has 0 spiro atoms. The van der Waals surface area contributed by atoms with Gasteiger partial charge in [-0.15, -0.1) is 0 Å². The molecular formula is C21H40N2. The van der Waals surface area contributed by atoms with Gasteiger partial charge in [0.25, 0.3) is 0 Å². The molecule has 0 radical (unpaired) electrons. The molecule has 3 rings (SSSR count). The van der Waals surface area contributed by atoms with Crippen LogP contribution in [0.5, 0.6) is 0 Å². The van der Waals surface area contributed by atoms with Gasteiger partial charge in [0.2, 0.25) is 0 Å². The first-order valence-corrected chi connectivity index (χ1v) is 10.8. The van der Waals surface area contributed by atoms with E-state index in [4.69, 9.17) is 0 Å². The highest BCUT2D eigenvalue weighted by atomic mass is 15.2. The Kier molecular flexibility index (Phi) is 6.83. The summed E-state index contributed by atoms with van der Waals surface area (Å²) in [4.78, 5) is 0. The lowest BCUT2D eigenvalue weighted by atomic mass is 9.74. The summed E-state index contributed by atoms with van der Waals surface area (Å²) in [7, 11) is 0. The van der Waals surface area contributed by atoms with Gasteiger partial charge < -0.3 is 10.6 Å². The van der Waals surface area contributed by atoms with Crippen LogP contribution in [0.15, 0.2) is 0 Å². The summed E-state index contributed by atoms with van der Waals surface area (Å²) < 4.78 is 0. The maximum atomic E-state index is 3.90. The van der Waals surface area contributed by atoms with Crippen LogP contribution in [0.25, 0.3) is 0 Å². The average molecular weight is 321 g/mol. The predicted octanol–water partition coefficient (Wildman–Crippen LogP) is 4.94. The first-order valence-electron chi connectivity index (χ1n) is 10.8. The second kappa shape index (κ2) is 8.85. The third-order valence-corrected chi connectivity index (χ3v) is 7.40. The Bertz CT molecular complexity index is 319. The number of nitrogens with one attached hydrogen (secondary N) is 2. The zero-order valence-electron chi connectivity index (χ0n) is 15.7. The molecule has 1 heterocycles. The lowest BCUT2D eigenvalue weighted by molar-refractivity contribution is 0.121. The summed E-state index contributed by atoms with van der Waals surface area (Å²) in [5, 5.41) is 7.79. The second-order valence-corrected chi connectivity index (χ2v) is 8.81. The van der Waals surface area contributed by atoms with E-state index >= 15 is 0 Å². The van der Waals surface area contributed by atoms with E-state index in [1.165, 1.54) is 83.7 Å². The summed E-state index contributed by atoms with van der Waals surface area (Å²) in [6, 6.07) is 0. The van der Waals surface area contributed by atoms with Gasteiger partial charge >= 0.3 is 0 Å². The molecule has 0 aromatic heterocycles. The number of hydrogen-bond donors (Lipinski definition) is 2. The van der Waals surface area contributed by atoms with Gasteiger partial charge in [0.1, 0.15) is 0 Å². The van der Waals surface area contributed by atoms with E-state index in [0.29, 0.717) is 6.17 Å². The largest absolute Gasteiger partial charge is 0.301 e. The van der Waals surface area contributed by atoms with Gasteiger partial charge in [-0.2, -0.15) is 0 Å². The van der Waals surface area contributed by atoms with Crippen molar-refractivity contribution in [2.75, 3.05) is 13.1 Å². The van der Waals surface area contributed by atoms with E-state index < -0.39 is 0 Å². The molecule has 2 aliphatic carbocycles. The van der Waals surface area contributed by atoms with Crippen molar-refractivity contribution in [3.8, 4) is 0 Å². The molecule has 0 aromatic carbocycles. The third kappa shape index (κ3) is 4.72. The molecule has 0 bridgehead atoms. The number of rotatable bonds is 5. The highest BCUT2D eigenvalue weighted by molar-refractivity contribution is 4.88. The van der Waals surface area contributed by atoms with Crippen LogP contribution in [0.1, 0.15) is 84.5 Å². The van der Waals surface area contributed by atoms with E-state index in [-0.39, 0.29) is 0 Å². The Morgan fingerprint density at radius 3 is 1.78 bits per heavy atom. The summed E-state index contributed by atoms with van der Waals surface area (Å²) in [6.07, 6.45) is 16.6. The van der Waals surface area contributed by atoms with Crippen molar-refractivity contribution in [3.63, 3.8) is 0 Å². The topological polar surface area (TPSA) is 24.1 Å². The third-order valence-electron chi connectivity index (χ3n) is 7.40. The molecule has 0 atom stereocenters. The molecule has 2 saturated carbocycles. The first kappa shape index (κ1) is 17.7. The van der Waals surface area contributed by atoms with E-state index in [0.717, 1.165) is 29.6 Å². The quantitative estimate of drug-likeness (QED) is 0.749. The fourth-order valence-corrected chi connectivity index (χ4v) is 5.65. The van der Waals surface area contributed by atoms with Gasteiger partial charge in [-0.25, -0.2) is 0 Å². The van der Waals surface area contributed by atoms with Crippen molar-refractivity contribution < 1.29 is 0 Å². The molecule has 0 unspecified atom stereocenters. The van der Waals surface area contributed by atoms with Crippen molar-refractivity contribution in [2.24, 2.45) is 29.6 Å². The molecule has 2 N–H and O–H groups in total.